The van der Waals surface area contributed by atoms with E-state index in [1.54, 1.807) is 24.3 Å². The fourth-order valence-electron chi connectivity index (χ4n) is 3.60. The molecule has 0 radical (unpaired) electrons. The second kappa shape index (κ2) is 8.67. The van der Waals surface area contributed by atoms with Crippen molar-refractivity contribution in [2.45, 2.75) is 36.9 Å². The molecule has 5 atom stereocenters. The van der Waals surface area contributed by atoms with Crippen LogP contribution >= 0.6 is 11.6 Å². The number of nitrogens with zero attached hydrogens (tertiary/aromatic N) is 4. The molecule has 1 amide bonds. The minimum absolute atomic E-state index is 0.117. The third-order valence-electron chi connectivity index (χ3n) is 5.22. The van der Waals surface area contributed by atoms with Crippen LogP contribution in [0.25, 0.3) is 11.2 Å². The lowest BCUT2D eigenvalue weighted by molar-refractivity contribution is -0.152. The molecule has 3 aromatic rings. The molecule has 0 saturated carbocycles. The van der Waals surface area contributed by atoms with Gasteiger partial charge in [0, 0.05) is 5.02 Å². The number of halogens is 1. The zero-order valence-corrected chi connectivity index (χ0v) is 17.3. The third kappa shape index (κ3) is 3.96. The van der Waals surface area contributed by atoms with E-state index in [0.29, 0.717) is 10.6 Å². The SMILES string of the molecule is Nc1ncnc2c1ncn2C1OC(C(=O)O)C(NC(=O)C(N)Cc2ccccc2Cl)C1O. The Balaban J connectivity index is 1.55. The Hall–Kier alpha value is -3.32. The van der Waals surface area contributed by atoms with Crippen LogP contribution < -0.4 is 16.8 Å². The molecule has 13 heteroatoms. The average Bonchev–Trinajstić information content (AvgIpc) is 3.32. The highest BCUT2D eigenvalue weighted by Crippen LogP contribution is 2.32. The summed E-state index contributed by atoms with van der Waals surface area (Å²) in [7, 11) is 0. The number of aromatic nitrogens is 4. The number of hydrogen-bond donors (Lipinski definition) is 5. The average molecular weight is 462 g/mol. The Morgan fingerprint density at radius 1 is 1.28 bits per heavy atom. The van der Waals surface area contributed by atoms with Crippen LogP contribution in [-0.4, -0.2) is 65.9 Å². The molecule has 5 unspecified atom stereocenters. The van der Waals surface area contributed by atoms with Crippen LogP contribution in [0.3, 0.4) is 0 Å². The molecule has 4 rings (SSSR count). The second-order valence-electron chi connectivity index (χ2n) is 7.30. The number of hydrogen-bond acceptors (Lipinski definition) is 9. The lowest BCUT2D eigenvalue weighted by Gasteiger charge is -2.22. The number of benzene rings is 1. The van der Waals surface area contributed by atoms with Crippen LogP contribution in [0.4, 0.5) is 5.82 Å². The van der Waals surface area contributed by atoms with E-state index in [1.165, 1.54) is 17.2 Å². The van der Waals surface area contributed by atoms with E-state index >= 15 is 0 Å². The lowest BCUT2D eigenvalue weighted by atomic mass is 10.0. The van der Waals surface area contributed by atoms with Gasteiger partial charge in [0.1, 0.15) is 17.9 Å². The van der Waals surface area contributed by atoms with Crippen LogP contribution in [0.15, 0.2) is 36.9 Å². The van der Waals surface area contributed by atoms with Crippen molar-refractivity contribution in [1.82, 2.24) is 24.8 Å². The first-order chi connectivity index (χ1) is 15.3. The highest BCUT2D eigenvalue weighted by molar-refractivity contribution is 6.31. The number of aliphatic hydroxyl groups is 1. The summed E-state index contributed by atoms with van der Waals surface area (Å²) in [5.41, 5.74) is 12.9. The van der Waals surface area contributed by atoms with Gasteiger partial charge in [-0.05, 0) is 18.1 Å². The quantitative estimate of drug-likeness (QED) is 0.318. The molecule has 0 bridgehead atoms. The predicted molar refractivity (Wildman–Crippen MR) is 112 cm³/mol. The van der Waals surface area contributed by atoms with Gasteiger partial charge in [0.15, 0.2) is 23.8 Å². The van der Waals surface area contributed by atoms with Gasteiger partial charge >= 0.3 is 5.97 Å². The van der Waals surface area contributed by atoms with Crippen molar-refractivity contribution in [1.29, 1.82) is 0 Å². The minimum atomic E-state index is -1.54. The van der Waals surface area contributed by atoms with Crippen molar-refractivity contribution in [3.63, 3.8) is 0 Å². The number of nitrogen functional groups attached to an aromatic ring is 1. The van der Waals surface area contributed by atoms with Gasteiger partial charge in [0.25, 0.3) is 0 Å². The first-order valence-electron chi connectivity index (χ1n) is 9.56. The number of nitrogens with two attached hydrogens (primary N) is 2. The summed E-state index contributed by atoms with van der Waals surface area (Å²) < 4.78 is 6.89. The number of carboxylic acid groups (broad SMARTS) is 1. The summed E-state index contributed by atoms with van der Waals surface area (Å²) in [5, 5.41) is 23.4. The molecule has 2 aromatic heterocycles. The van der Waals surface area contributed by atoms with Crippen LogP contribution in [0.1, 0.15) is 11.8 Å². The maximum atomic E-state index is 12.7. The maximum absolute atomic E-state index is 12.7. The van der Waals surface area contributed by atoms with Crippen LogP contribution in [0, 0.1) is 0 Å². The van der Waals surface area contributed by atoms with E-state index in [0.717, 1.165) is 0 Å². The first kappa shape index (κ1) is 21.9. The molecule has 12 nitrogen and oxygen atoms in total. The molecule has 32 heavy (non-hydrogen) atoms. The number of carboxylic acids is 1. The second-order valence-corrected chi connectivity index (χ2v) is 7.70. The lowest BCUT2D eigenvalue weighted by Crippen LogP contribution is -2.54. The molecule has 1 saturated heterocycles. The van der Waals surface area contributed by atoms with Gasteiger partial charge < -0.3 is 31.7 Å². The highest BCUT2D eigenvalue weighted by atomic mass is 35.5. The molecule has 0 spiro atoms. The number of aliphatic carboxylic acids is 1. The van der Waals surface area contributed by atoms with E-state index < -0.39 is 42.4 Å². The monoisotopic (exact) mass is 461 g/mol. The number of rotatable bonds is 6. The van der Waals surface area contributed by atoms with Crippen LogP contribution in [-0.2, 0) is 20.7 Å². The van der Waals surface area contributed by atoms with Gasteiger partial charge in [0.2, 0.25) is 5.91 Å². The predicted octanol–water partition coefficient (Wildman–Crippen LogP) is -0.540. The number of ether oxygens (including phenoxy) is 1. The zero-order valence-electron chi connectivity index (χ0n) is 16.5. The molecule has 3 heterocycles. The highest BCUT2D eigenvalue weighted by Gasteiger charge is 2.49. The molecule has 1 aliphatic rings. The van der Waals surface area contributed by atoms with Crippen molar-refractivity contribution in [3.05, 3.63) is 47.5 Å². The van der Waals surface area contributed by atoms with Crippen LogP contribution in [0.5, 0.6) is 0 Å². The fourth-order valence-corrected chi connectivity index (χ4v) is 3.81. The normalized spacial score (nSPS) is 23.8. The molecular weight excluding hydrogens is 442 g/mol. The standard InChI is InChI=1S/C19H20ClN7O5/c20-9-4-2-1-3-8(9)5-10(21)17(29)26-11-13(28)18(32-14(11)19(30)31)27-7-25-12-15(22)23-6-24-16(12)27/h1-4,6-7,10-11,13-14,18,28H,5,21H2,(H,26,29)(H,30,31)(H2,22,23,24). The number of imidazole rings is 1. The molecule has 7 N–H and O–H groups in total. The van der Waals surface area contributed by atoms with Crippen molar-refractivity contribution in [2.75, 3.05) is 5.73 Å². The molecule has 1 aromatic carbocycles. The van der Waals surface area contributed by atoms with Gasteiger partial charge in [-0.15, -0.1) is 0 Å². The van der Waals surface area contributed by atoms with Crippen molar-refractivity contribution in [2.24, 2.45) is 5.73 Å². The number of amides is 1. The molecule has 1 aliphatic heterocycles. The Labute approximate surface area is 186 Å². The van der Waals surface area contributed by atoms with Gasteiger partial charge in [-0.2, -0.15) is 0 Å². The summed E-state index contributed by atoms with van der Waals surface area (Å²) in [4.78, 5) is 36.5. The topological polar surface area (TPSA) is 192 Å². The van der Waals surface area contributed by atoms with Gasteiger partial charge in [-0.3, -0.25) is 9.36 Å². The number of carbonyl (C=O) groups is 2. The maximum Gasteiger partial charge on any atom is 0.335 e. The Kier molecular flexibility index (Phi) is 5.93. The summed E-state index contributed by atoms with van der Waals surface area (Å²) >= 11 is 6.11. The van der Waals surface area contributed by atoms with Crippen molar-refractivity contribution < 1.29 is 24.5 Å². The number of aliphatic hydroxyl groups excluding tert-OH is 1. The third-order valence-corrected chi connectivity index (χ3v) is 5.59. The van der Waals surface area contributed by atoms with Gasteiger partial charge in [-0.25, -0.2) is 19.7 Å². The van der Waals surface area contributed by atoms with Crippen molar-refractivity contribution >= 4 is 40.5 Å². The Morgan fingerprint density at radius 3 is 2.75 bits per heavy atom. The number of carbonyl (C=O) groups excluding carboxylic acids is 1. The summed E-state index contributed by atoms with van der Waals surface area (Å²) in [6.45, 7) is 0. The number of nitrogens with one attached hydrogen (secondary N) is 1. The zero-order chi connectivity index (χ0) is 23.0. The van der Waals surface area contributed by atoms with E-state index in [9.17, 15) is 19.8 Å². The Bertz CT molecular complexity index is 1170. The largest absolute Gasteiger partial charge is 0.479 e. The van der Waals surface area contributed by atoms with E-state index in [4.69, 9.17) is 27.8 Å². The number of anilines is 1. The molecule has 168 valence electrons. The van der Waals surface area contributed by atoms with E-state index in [1.807, 2.05) is 0 Å². The van der Waals surface area contributed by atoms with Gasteiger partial charge in [0.05, 0.1) is 18.4 Å². The van der Waals surface area contributed by atoms with E-state index in [2.05, 4.69) is 20.3 Å². The summed E-state index contributed by atoms with van der Waals surface area (Å²) in [6.07, 6.45) is -1.54. The molecule has 0 aliphatic carbocycles. The summed E-state index contributed by atoms with van der Waals surface area (Å²) in [6, 6.07) is 4.61. The van der Waals surface area contributed by atoms with E-state index in [-0.39, 0.29) is 23.4 Å². The Morgan fingerprint density at radius 2 is 2.03 bits per heavy atom. The van der Waals surface area contributed by atoms with Gasteiger partial charge in [-0.1, -0.05) is 29.8 Å². The fraction of sp³-hybridized carbons (Fsp3) is 0.316. The van der Waals surface area contributed by atoms with Crippen molar-refractivity contribution in [3.8, 4) is 0 Å². The molecular formula is C19H20ClN7O5. The smallest absolute Gasteiger partial charge is 0.335 e. The van der Waals surface area contributed by atoms with Crippen LogP contribution in [0.2, 0.25) is 5.02 Å². The minimum Gasteiger partial charge on any atom is -0.479 e. The first-order valence-corrected chi connectivity index (χ1v) is 9.94. The molecule has 1 fully saturated rings. The number of fused-ring (bicyclic) bond motifs is 1. The summed E-state index contributed by atoms with van der Waals surface area (Å²) in [5.74, 6) is -1.91.